The van der Waals surface area contributed by atoms with E-state index in [0.29, 0.717) is 19.5 Å². The molecule has 0 N–H and O–H groups in total. The van der Waals surface area contributed by atoms with E-state index in [-0.39, 0.29) is 55.4 Å². The van der Waals surface area contributed by atoms with E-state index >= 15 is 0 Å². The van der Waals surface area contributed by atoms with Crippen molar-refractivity contribution >= 4 is 23.7 Å². The summed E-state index contributed by atoms with van der Waals surface area (Å²) in [6.07, 6.45) is 1.19. The van der Waals surface area contributed by atoms with E-state index in [1.54, 1.807) is 4.90 Å². The van der Waals surface area contributed by atoms with Crippen LogP contribution in [0, 0.1) is 5.92 Å². The minimum atomic E-state index is -0.301. The Bertz CT molecular complexity index is 432. The Morgan fingerprint density at radius 1 is 1.25 bits per heavy atom. The third-order valence-corrected chi connectivity index (χ3v) is 3.78. The third kappa shape index (κ3) is 2.97. The molecule has 2 aliphatic rings. The van der Waals surface area contributed by atoms with E-state index in [2.05, 4.69) is 4.74 Å². The highest BCUT2D eigenvalue weighted by Gasteiger charge is 2.33. The lowest BCUT2D eigenvalue weighted by Gasteiger charge is -2.18. The van der Waals surface area contributed by atoms with Gasteiger partial charge in [0.15, 0.2) is 0 Å². The van der Waals surface area contributed by atoms with Gasteiger partial charge in [-0.1, -0.05) is 0 Å². The molecule has 0 aromatic carbocycles. The fourth-order valence-corrected chi connectivity index (χ4v) is 2.58. The first-order valence-corrected chi connectivity index (χ1v) is 6.71. The predicted molar refractivity (Wildman–Crippen MR) is 67.3 cm³/mol. The number of amides is 3. The third-order valence-electron chi connectivity index (χ3n) is 3.78. The van der Waals surface area contributed by atoms with Crippen LogP contribution >= 0.6 is 0 Å². The number of ether oxygens (including phenoxy) is 1. The zero-order valence-corrected chi connectivity index (χ0v) is 11.5. The summed E-state index contributed by atoms with van der Waals surface area (Å²) >= 11 is 0. The van der Waals surface area contributed by atoms with Crippen LogP contribution in [0.25, 0.3) is 0 Å². The average molecular weight is 282 g/mol. The standard InChI is InChI=1S/C13H18N2O5/c1-20-13(19)9-4-6-14(8-9)10(16)5-7-15-11(17)2-3-12(15)18/h9H,2-8H2,1H3. The Kier molecular flexibility index (Phi) is 4.36. The molecule has 0 aromatic rings. The first kappa shape index (κ1) is 14.5. The molecule has 7 nitrogen and oxygen atoms in total. The molecule has 7 heteroatoms. The summed E-state index contributed by atoms with van der Waals surface area (Å²) in [5.41, 5.74) is 0. The van der Waals surface area contributed by atoms with E-state index in [0.717, 1.165) is 4.90 Å². The van der Waals surface area contributed by atoms with Gasteiger partial charge >= 0.3 is 5.97 Å². The number of hydrogen-bond donors (Lipinski definition) is 0. The van der Waals surface area contributed by atoms with Gasteiger partial charge in [-0.25, -0.2) is 0 Å². The molecule has 20 heavy (non-hydrogen) atoms. The van der Waals surface area contributed by atoms with Crippen LogP contribution in [0.2, 0.25) is 0 Å². The summed E-state index contributed by atoms with van der Waals surface area (Å²) in [5.74, 6) is -1.12. The summed E-state index contributed by atoms with van der Waals surface area (Å²) in [6.45, 7) is 1.00. The quantitative estimate of drug-likeness (QED) is 0.515. The second kappa shape index (κ2) is 6.02. The predicted octanol–water partition coefficient (Wildman–Crippen LogP) is -0.453. The Morgan fingerprint density at radius 3 is 2.50 bits per heavy atom. The molecule has 2 heterocycles. The maximum absolute atomic E-state index is 12.0. The molecule has 2 fully saturated rings. The molecule has 110 valence electrons. The average Bonchev–Trinajstić information content (AvgIpc) is 3.04. The van der Waals surface area contributed by atoms with Crippen LogP contribution in [0.3, 0.4) is 0 Å². The molecule has 1 unspecified atom stereocenters. The van der Waals surface area contributed by atoms with Crippen LogP contribution in [0.4, 0.5) is 0 Å². The normalized spacial score (nSPS) is 22.6. The maximum atomic E-state index is 12.0. The highest BCUT2D eigenvalue weighted by atomic mass is 16.5. The van der Waals surface area contributed by atoms with Gasteiger partial charge < -0.3 is 9.64 Å². The van der Waals surface area contributed by atoms with Gasteiger partial charge in [0.2, 0.25) is 17.7 Å². The Labute approximate surface area is 116 Å². The number of esters is 1. The van der Waals surface area contributed by atoms with E-state index in [1.807, 2.05) is 0 Å². The van der Waals surface area contributed by atoms with Crippen molar-refractivity contribution in [1.29, 1.82) is 0 Å². The lowest BCUT2D eigenvalue weighted by Crippen LogP contribution is -2.36. The second-order valence-corrected chi connectivity index (χ2v) is 5.04. The van der Waals surface area contributed by atoms with Crippen molar-refractivity contribution in [3.05, 3.63) is 0 Å². The minimum Gasteiger partial charge on any atom is -0.469 e. The van der Waals surface area contributed by atoms with Crippen molar-refractivity contribution in [2.75, 3.05) is 26.7 Å². The molecule has 0 aromatic heterocycles. The molecule has 0 saturated carbocycles. The van der Waals surface area contributed by atoms with Crippen LogP contribution in [-0.4, -0.2) is 60.2 Å². The second-order valence-electron chi connectivity index (χ2n) is 5.04. The Balaban J connectivity index is 1.80. The van der Waals surface area contributed by atoms with Crippen LogP contribution < -0.4 is 0 Å². The van der Waals surface area contributed by atoms with Gasteiger partial charge in [0.05, 0.1) is 13.0 Å². The Hall–Kier alpha value is -1.92. The van der Waals surface area contributed by atoms with E-state index in [1.165, 1.54) is 7.11 Å². The van der Waals surface area contributed by atoms with Gasteiger partial charge in [0.25, 0.3) is 0 Å². The van der Waals surface area contributed by atoms with Gasteiger partial charge in [-0.2, -0.15) is 0 Å². The number of nitrogens with zero attached hydrogens (tertiary/aromatic N) is 2. The monoisotopic (exact) mass is 282 g/mol. The van der Waals surface area contributed by atoms with E-state index < -0.39 is 0 Å². The largest absolute Gasteiger partial charge is 0.469 e. The van der Waals surface area contributed by atoms with Crippen molar-refractivity contribution in [3.8, 4) is 0 Å². The first-order chi connectivity index (χ1) is 9.52. The topological polar surface area (TPSA) is 84.0 Å². The van der Waals surface area contributed by atoms with Crippen LogP contribution in [0.15, 0.2) is 0 Å². The van der Waals surface area contributed by atoms with Crippen molar-refractivity contribution in [2.45, 2.75) is 25.7 Å². The molecule has 0 radical (unpaired) electrons. The number of likely N-dealkylation sites (tertiary alicyclic amines) is 2. The minimum absolute atomic E-state index is 0.116. The summed E-state index contributed by atoms with van der Waals surface area (Å²) in [6, 6.07) is 0. The molecule has 1 atom stereocenters. The van der Waals surface area contributed by atoms with Crippen LogP contribution in [0.1, 0.15) is 25.7 Å². The molecular weight excluding hydrogens is 264 g/mol. The van der Waals surface area contributed by atoms with Crippen molar-refractivity contribution in [3.63, 3.8) is 0 Å². The highest BCUT2D eigenvalue weighted by Crippen LogP contribution is 2.19. The SMILES string of the molecule is COC(=O)C1CCN(C(=O)CCN2C(=O)CCC2=O)C1. The maximum Gasteiger partial charge on any atom is 0.310 e. The molecule has 2 saturated heterocycles. The van der Waals surface area contributed by atoms with Crippen LogP contribution in [0.5, 0.6) is 0 Å². The molecule has 2 rings (SSSR count). The highest BCUT2D eigenvalue weighted by molar-refractivity contribution is 6.02. The summed E-state index contributed by atoms with van der Waals surface area (Å²) in [4.78, 5) is 48.9. The van der Waals surface area contributed by atoms with E-state index in [9.17, 15) is 19.2 Å². The molecule has 2 aliphatic heterocycles. The van der Waals surface area contributed by atoms with Gasteiger partial charge in [-0.3, -0.25) is 24.1 Å². The zero-order chi connectivity index (χ0) is 14.7. The fraction of sp³-hybridized carbons (Fsp3) is 0.692. The number of methoxy groups -OCH3 is 1. The summed E-state index contributed by atoms with van der Waals surface area (Å²) in [5, 5.41) is 0. The van der Waals surface area contributed by atoms with Gasteiger partial charge in [0, 0.05) is 38.9 Å². The number of hydrogen-bond acceptors (Lipinski definition) is 5. The number of imide groups is 1. The lowest BCUT2D eigenvalue weighted by atomic mass is 10.1. The molecule has 0 bridgehead atoms. The fourth-order valence-electron chi connectivity index (χ4n) is 2.58. The molecular formula is C13H18N2O5. The van der Waals surface area contributed by atoms with Gasteiger partial charge in [-0.15, -0.1) is 0 Å². The van der Waals surface area contributed by atoms with Crippen molar-refractivity contribution in [2.24, 2.45) is 5.92 Å². The number of carbonyl (C=O) groups excluding carboxylic acids is 4. The number of carbonyl (C=O) groups is 4. The molecule has 0 aliphatic carbocycles. The van der Waals surface area contributed by atoms with Crippen LogP contribution in [-0.2, 0) is 23.9 Å². The molecule has 3 amide bonds. The van der Waals surface area contributed by atoms with Crippen molar-refractivity contribution < 1.29 is 23.9 Å². The number of rotatable bonds is 4. The smallest absolute Gasteiger partial charge is 0.310 e. The summed E-state index contributed by atoms with van der Waals surface area (Å²) in [7, 11) is 1.33. The zero-order valence-electron chi connectivity index (χ0n) is 11.5. The first-order valence-electron chi connectivity index (χ1n) is 6.71. The van der Waals surface area contributed by atoms with E-state index in [4.69, 9.17) is 0 Å². The Morgan fingerprint density at radius 2 is 1.90 bits per heavy atom. The van der Waals surface area contributed by atoms with Crippen molar-refractivity contribution in [1.82, 2.24) is 9.80 Å². The van der Waals surface area contributed by atoms with Gasteiger partial charge in [0.1, 0.15) is 0 Å². The summed E-state index contributed by atoms with van der Waals surface area (Å²) < 4.78 is 4.66. The van der Waals surface area contributed by atoms with Gasteiger partial charge in [-0.05, 0) is 6.42 Å². The lowest BCUT2D eigenvalue weighted by molar-refractivity contribution is -0.145. The molecule has 0 spiro atoms.